The molecular formula is C24H28F2N2O6S. The number of anilines is 1. The van der Waals surface area contributed by atoms with Crippen molar-refractivity contribution in [3.63, 3.8) is 0 Å². The highest BCUT2D eigenvalue weighted by atomic mass is 32.2. The van der Waals surface area contributed by atoms with Gasteiger partial charge in [0.2, 0.25) is 0 Å². The van der Waals surface area contributed by atoms with Crippen molar-refractivity contribution >= 4 is 27.4 Å². The number of ether oxygens (including phenoxy) is 1. The number of benzene rings is 2. The van der Waals surface area contributed by atoms with E-state index in [0.717, 1.165) is 18.5 Å². The van der Waals surface area contributed by atoms with Crippen LogP contribution in [-0.2, 0) is 19.4 Å². The molecule has 2 aromatic carbocycles. The molecule has 0 spiro atoms. The van der Waals surface area contributed by atoms with Gasteiger partial charge < -0.3 is 20.1 Å². The number of nitrogens with zero attached hydrogens (tertiary/aromatic N) is 1. The Morgan fingerprint density at radius 2 is 1.80 bits per heavy atom. The summed E-state index contributed by atoms with van der Waals surface area (Å²) in [5, 5.41) is 12.0. The first-order valence-corrected chi connectivity index (χ1v) is 12.9. The fourth-order valence-corrected chi connectivity index (χ4v) is 4.96. The highest BCUT2D eigenvalue weighted by Crippen LogP contribution is 2.27. The first-order valence-electron chi connectivity index (χ1n) is 11.2. The molecule has 1 heterocycles. The number of aliphatic carboxylic acids is 1. The number of halogens is 2. The maximum atomic E-state index is 12.8. The summed E-state index contributed by atoms with van der Waals surface area (Å²) in [6.45, 7) is -0.694. The van der Waals surface area contributed by atoms with Gasteiger partial charge in [-0.05, 0) is 54.8 Å². The second-order valence-electron chi connectivity index (χ2n) is 8.23. The van der Waals surface area contributed by atoms with E-state index in [0.29, 0.717) is 17.7 Å². The topological polar surface area (TPSA) is 113 Å². The first kappa shape index (κ1) is 26.6. The molecule has 35 heavy (non-hydrogen) atoms. The van der Waals surface area contributed by atoms with E-state index in [1.165, 1.54) is 31.2 Å². The zero-order valence-electron chi connectivity index (χ0n) is 19.2. The molecule has 0 bridgehead atoms. The van der Waals surface area contributed by atoms with E-state index in [-0.39, 0.29) is 29.7 Å². The lowest BCUT2D eigenvalue weighted by Gasteiger charge is -2.26. The first-order chi connectivity index (χ1) is 16.6. The van der Waals surface area contributed by atoms with Crippen LogP contribution in [0.3, 0.4) is 0 Å². The average Bonchev–Trinajstić information content (AvgIpc) is 3.31. The smallest absolute Gasteiger partial charge is 0.345 e. The number of sulfone groups is 1. The number of carbonyl (C=O) groups is 2. The van der Waals surface area contributed by atoms with E-state index >= 15 is 0 Å². The molecule has 0 aliphatic carbocycles. The van der Waals surface area contributed by atoms with Gasteiger partial charge in [-0.25, -0.2) is 8.42 Å². The minimum Gasteiger partial charge on any atom is -0.481 e. The van der Waals surface area contributed by atoms with E-state index in [4.69, 9.17) is 0 Å². The summed E-state index contributed by atoms with van der Waals surface area (Å²) in [5.41, 5.74) is 1.54. The molecule has 3 rings (SSSR count). The van der Waals surface area contributed by atoms with Gasteiger partial charge in [0.15, 0.2) is 9.84 Å². The van der Waals surface area contributed by atoms with Gasteiger partial charge in [-0.3, -0.25) is 9.59 Å². The van der Waals surface area contributed by atoms with E-state index < -0.39 is 34.4 Å². The normalized spacial score (nSPS) is 16.9. The van der Waals surface area contributed by atoms with Crippen LogP contribution in [0.4, 0.5) is 14.5 Å². The Kier molecular flexibility index (Phi) is 8.79. The van der Waals surface area contributed by atoms with Crippen molar-refractivity contribution < 1.29 is 36.6 Å². The zero-order chi connectivity index (χ0) is 25.6. The lowest BCUT2D eigenvalue weighted by atomic mass is 10.0. The Bertz CT molecular complexity index is 1120. The van der Waals surface area contributed by atoms with Crippen LogP contribution in [0, 0.1) is 0 Å². The summed E-state index contributed by atoms with van der Waals surface area (Å²) in [6, 6.07) is 11.3. The van der Waals surface area contributed by atoms with Crippen LogP contribution in [-0.4, -0.2) is 57.0 Å². The van der Waals surface area contributed by atoms with Crippen LogP contribution in [0.15, 0.2) is 53.4 Å². The monoisotopic (exact) mass is 510 g/mol. The van der Waals surface area contributed by atoms with Crippen LogP contribution in [0.25, 0.3) is 0 Å². The van der Waals surface area contributed by atoms with Crippen molar-refractivity contribution in [1.29, 1.82) is 0 Å². The lowest BCUT2D eigenvalue weighted by Crippen LogP contribution is -2.34. The molecular weight excluding hydrogens is 482 g/mol. The number of amides is 1. The third-order valence-corrected chi connectivity index (χ3v) is 7.71. The molecule has 2 atom stereocenters. The average molecular weight is 511 g/mol. The molecule has 1 aliphatic rings. The molecule has 1 amide bonds. The van der Waals surface area contributed by atoms with E-state index in [9.17, 15) is 31.9 Å². The van der Waals surface area contributed by atoms with Crippen molar-refractivity contribution in [3.05, 3.63) is 59.7 Å². The number of hydrogen-bond acceptors (Lipinski definition) is 6. The molecule has 190 valence electrons. The maximum Gasteiger partial charge on any atom is 0.345 e. The van der Waals surface area contributed by atoms with Gasteiger partial charge in [0.1, 0.15) is 0 Å². The highest BCUT2D eigenvalue weighted by molar-refractivity contribution is 7.91. The van der Waals surface area contributed by atoms with Crippen molar-refractivity contribution in [3.8, 4) is 0 Å². The van der Waals surface area contributed by atoms with Gasteiger partial charge in [0.05, 0.1) is 35.8 Å². The Morgan fingerprint density at radius 1 is 1.14 bits per heavy atom. The molecule has 0 unspecified atom stereocenters. The fourth-order valence-electron chi connectivity index (χ4n) is 4.08. The van der Waals surface area contributed by atoms with Crippen LogP contribution < -0.4 is 10.2 Å². The summed E-state index contributed by atoms with van der Waals surface area (Å²) in [6.07, 6.45) is 1.18. The molecule has 0 aromatic heterocycles. The molecule has 11 heteroatoms. The Hall–Kier alpha value is -3.05. The number of alkyl halides is 2. The predicted octanol–water partition coefficient (Wildman–Crippen LogP) is 3.63. The molecule has 0 saturated carbocycles. The third kappa shape index (κ3) is 6.98. The summed E-state index contributed by atoms with van der Waals surface area (Å²) in [7, 11) is -3.41. The zero-order valence-corrected chi connectivity index (χ0v) is 20.0. The molecule has 8 nitrogen and oxygen atoms in total. The molecule has 1 saturated heterocycles. The number of carboxylic acids is 1. The van der Waals surface area contributed by atoms with Gasteiger partial charge in [-0.15, -0.1) is 0 Å². The van der Waals surface area contributed by atoms with Crippen LogP contribution in [0.2, 0.25) is 0 Å². The summed E-state index contributed by atoms with van der Waals surface area (Å²) in [5.74, 6) is -1.68. The van der Waals surface area contributed by atoms with E-state index in [1.54, 1.807) is 24.3 Å². The minimum absolute atomic E-state index is 0.0605. The number of carbonyl (C=O) groups excluding carboxylic acids is 1. The molecule has 2 aromatic rings. The van der Waals surface area contributed by atoms with Crippen molar-refractivity contribution in [2.24, 2.45) is 0 Å². The van der Waals surface area contributed by atoms with Gasteiger partial charge >= 0.3 is 12.6 Å². The number of carboxylic acid groups (broad SMARTS) is 1. The van der Waals surface area contributed by atoms with Crippen molar-refractivity contribution in [1.82, 2.24) is 5.32 Å². The SMILES string of the molecule is CCS(=O)(=O)c1ccc([C@H](CC(=O)O)NC(=O)c2ccc(N3CCC[C@H]3COC(F)F)cc2)cc1. The number of nitrogens with one attached hydrogen (secondary N) is 1. The minimum atomic E-state index is -3.41. The standard InChI is InChI=1S/C24H28F2N2O6S/c1-2-35(32,33)20-11-7-16(8-12-20)21(14-22(29)30)27-23(31)17-5-9-18(10-6-17)28-13-3-4-19(28)15-34-24(25)26/h5-12,19,21,24H,2-4,13-15H2,1H3,(H,27,31)(H,29,30)/t19-,21-/m0/s1. The molecule has 1 aliphatic heterocycles. The largest absolute Gasteiger partial charge is 0.481 e. The van der Waals surface area contributed by atoms with Crippen LogP contribution >= 0.6 is 0 Å². The van der Waals surface area contributed by atoms with Crippen molar-refractivity contribution in [2.45, 2.75) is 49.8 Å². The second-order valence-corrected chi connectivity index (χ2v) is 10.5. The maximum absolute atomic E-state index is 12.8. The van der Waals surface area contributed by atoms with Gasteiger partial charge in [0.25, 0.3) is 5.91 Å². The molecule has 1 fully saturated rings. The highest BCUT2D eigenvalue weighted by Gasteiger charge is 2.26. The predicted molar refractivity (Wildman–Crippen MR) is 125 cm³/mol. The summed E-state index contributed by atoms with van der Waals surface area (Å²) < 4.78 is 53.3. The third-order valence-electron chi connectivity index (χ3n) is 5.96. The van der Waals surface area contributed by atoms with Gasteiger partial charge in [-0.1, -0.05) is 19.1 Å². The van der Waals surface area contributed by atoms with Gasteiger partial charge in [-0.2, -0.15) is 8.78 Å². The number of rotatable bonds is 11. The Labute approximate surface area is 202 Å². The lowest BCUT2D eigenvalue weighted by molar-refractivity contribution is -0.137. The second kappa shape index (κ2) is 11.6. The van der Waals surface area contributed by atoms with E-state index in [1.807, 2.05) is 4.90 Å². The van der Waals surface area contributed by atoms with E-state index in [2.05, 4.69) is 10.1 Å². The quantitative estimate of drug-likeness (QED) is 0.475. The molecule has 2 N–H and O–H groups in total. The summed E-state index contributed by atoms with van der Waals surface area (Å²) in [4.78, 5) is 26.3. The van der Waals surface area contributed by atoms with Crippen LogP contribution in [0.1, 0.15) is 48.1 Å². The van der Waals surface area contributed by atoms with Crippen LogP contribution in [0.5, 0.6) is 0 Å². The Morgan fingerprint density at radius 3 is 2.37 bits per heavy atom. The van der Waals surface area contributed by atoms with Gasteiger partial charge in [0, 0.05) is 17.8 Å². The fraction of sp³-hybridized carbons (Fsp3) is 0.417. The number of hydrogen-bond donors (Lipinski definition) is 2. The molecule has 0 radical (unpaired) electrons. The summed E-state index contributed by atoms with van der Waals surface area (Å²) >= 11 is 0. The van der Waals surface area contributed by atoms with Crippen molar-refractivity contribution in [2.75, 3.05) is 23.8 Å². The Balaban J connectivity index is 1.72.